The summed E-state index contributed by atoms with van der Waals surface area (Å²) < 4.78 is 17.8. The molecule has 0 radical (unpaired) electrons. The molecule has 0 unspecified atom stereocenters. The van der Waals surface area contributed by atoms with Crippen molar-refractivity contribution in [1.29, 1.82) is 5.26 Å². The molecule has 0 saturated heterocycles. The normalized spacial score (nSPS) is 15.1. The molecule has 0 spiro atoms. The van der Waals surface area contributed by atoms with Crippen LogP contribution in [0.3, 0.4) is 0 Å². The first-order valence-electron chi connectivity index (χ1n) is 10.9. The number of hydrogen-bond donors (Lipinski definition) is 0. The minimum atomic E-state index is -0.645. The molecule has 0 fully saturated rings. The summed E-state index contributed by atoms with van der Waals surface area (Å²) in [5.74, 6) is 0.378. The lowest BCUT2D eigenvalue weighted by Crippen LogP contribution is -2.40. The molecule has 0 saturated carbocycles. The largest absolute Gasteiger partial charge is 0.493 e. The molecule has 2 heterocycles. The van der Waals surface area contributed by atoms with E-state index < -0.39 is 12.0 Å². The number of ether oxygens (including phenoxy) is 3. The van der Waals surface area contributed by atoms with Crippen LogP contribution in [0.15, 0.2) is 69.6 Å². The summed E-state index contributed by atoms with van der Waals surface area (Å²) in [5, 5.41) is 8.76. The first-order chi connectivity index (χ1) is 17.0. The quantitative estimate of drug-likeness (QED) is 0.473. The fourth-order valence-electron chi connectivity index (χ4n) is 3.97. The topological polar surface area (TPSA) is 103 Å². The van der Waals surface area contributed by atoms with E-state index in [9.17, 15) is 9.59 Å². The first kappa shape index (κ1) is 24.0. The number of benzene rings is 2. The molecule has 0 N–H and O–H groups in total. The number of carbonyl (C=O) groups is 1. The maximum atomic E-state index is 13.6. The van der Waals surface area contributed by atoms with Crippen molar-refractivity contribution < 1.29 is 19.0 Å². The van der Waals surface area contributed by atoms with E-state index >= 15 is 0 Å². The summed E-state index contributed by atoms with van der Waals surface area (Å²) in [6.07, 6.45) is 2.26. The number of carbonyl (C=O) groups excluding carboxylic acids is 1. The lowest BCUT2D eigenvalue weighted by molar-refractivity contribution is -0.136. The Morgan fingerprint density at radius 2 is 1.97 bits per heavy atom. The Bertz CT molecular complexity index is 1510. The highest BCUT2D eigenvalue weighted by atomic mass is 32.1. The van der Waals surface area contributed by atoms with E-state index in [0.29, 0.717) is 38.5 Å². The molecule has 0 amide bonds. The Balaban J connectivity index is 1.90. The second-order valence-corrected chi connectivity index (χ2v) is 8.57. The lowest BCUT2D eigenvalue weighted by atomic mass is 9.95. The van der Waals surface area contributed by atoms with Gasteiger partial charge in [-0.05, 0) is 35.8 Å². The van der Waals surface area contributed by atoms with Gasteiger partial charge in [-0.2, -0.15) is 5.26 Å². The Hall–Kier alpha value is -4.16. The smallest absolute Gasteiger partial charge is 0.338 e. The van der Waals surface area contributed by atoms with Crippen LogP contribution < -0.4 is 24.4 Å². The number of fused-ring (bicyclic) bond motifs is 1. The van der Waals surface area contributed by atoms with E-state index in [1.165, 1.54) is 25.6 Å². The fourth-order valence-corrected chi connectivity index (χ4v) is 4.99. The van der Waals surface area contributed by atoms with Gasteiger partial charge < -0.3 is 14.2 Å². The van der Waals surface area contributed by atoms with Crippen molar-refractivity contribution in [2.45, 2.75) is 19.4 Å². The molecule has 3 aromatic rings. The van der Waals surface area contributed by atoms with Gasteiger partial charge in [0.25, 0.3) is 5.56 Å². The number of methoxy groups -OCH3 is 2. The number of hydrogen-bond acceptors (Lipinski definition) is 8. The molecular formula is C26H23N3O5S. The number of rotatable bonds is 7. The van der Waals surface area contributed by atoms with Gasteiger partial charge in [0, 0.05) is 0 Å². The number of thiazole rings is 1. The van der Waals surface area contributed by atoms with Gasteiger partial charge in [0.2, 0.25) is 0 Å². The predicted molar refractivity (Wildman–Crippen MR) is 131 cm³/mol. The molecule has 1 aromatic heterocycles. The van der Waals surface area contributed by atoms with Gasteiger partial charge in [-0.1, -0.05) is 54.7 Å². The summed E-state index contributed by atoms with van der Waals surface area (Å²) >= 11 is 1.25. The molecule has 1 atom stereocenters. The lowest BCUT2D eigenvalue weighted by Gasteiger charge is -2.25. The second kappa shape index (κ2) is 10.4. The van der Waals surface area contributed by atoms with Crippen molar-refractivity contribution in [2.75, 3.05) is 20.8 Å². The van der Waals surface area contributed by atoms with Crippen LogP contribution in [0.1, 0.15) is 30.5 Å². The predicted octanol–water partition coefficient (Wildman–Crippen LogP) is 2.71. The second-order valence-electron chi connectivity index (χ2n) is 7.56. The molecular weight excluding hydrogens is 466 g/mol. The zero-order valence-corrected chi connectivity index (χ0v) is 20.3. The maximum Gasteiger partial charge on any atom is 0.338 e. The first-order valence-corrected chi connectivity index (χ1v) is 11.7. The SMILES string of the molecule is CCC1=C(C(=O)OC)[C@H](c2ccccc2)n2c(s/c(=C\c3ccc(OCC#N)c(OC)c3)c2=O)=N1. The monoisotopic (exact) mass is 489 g/mol. The third-order valence-electron chi connectivity index (χ3n) is 5.54. The maximum absolute atomic E-state index is 13.6. The van der Waals surface area contributed by atoms with Crippen molar-refractivity contribution in [3.8, 4) is 17.6 Å². The number of nitriles is 1. The molecule has 2 aromatic carbocycles. The van der Waals surface area contributed by atoms with Gasteiger partial charge in [-0.3, -0.25) is 9.36 Å². The van der Waals surface area contributed by atoms with Gasteiger partial charge in [0.05, 0.1) is 36.1 Å². The summed E-state index contributed by atoms with van der Waals surface area (Å²) in [5.41, 5.74) is 2.21. The van der Waals surface area contributed by atoms with E-state index in [1.807, 2.05) is 43.3 Å². The van der Waals surface area contributed by atoms with E-state index in [2.05, 4.69) is 4.99 Å². The van der Waals surface area contributed by atoms with E-state index in [0.717, 1.165) is 11.1 Å². The van der Waals surface area contributed by atoms with E-state index in [-0.39, 0.29) is 12.2 Å². The van der Waals surface area contributed by atoms with Crippen molar-refractivity contribution in [2.24, 2.45) is 4.99 Å². The van der Waals surface area contributed by atoms with Crippen LogP contribution in [0, 0.1) is 11.3 Å². The van der Waals surface area contributed by atoms with Crippen molar-refractivity contribution >= 4 is 23.4 Å². The Labute approximate surface area is 205 Å². The molecule has 1 aliphatic heterocycles. The summed E-state index contributed by atoms with van der Waals surface area (Å²) in [6.45, 7) is 1.82. The average Bonchev–Trinajstić information content (AvgIpc) is 3.20. The molecule has 35 heavy (non-hydrogen) atoms. The van der Waals surface area contributed by atoms with Crippen molar-refractivity contribution in [3.05, 3.63) is 90.6 Å². The third-order valence-corrected chi connectivity index (χ3v) is 6.53. The molecule has 4 rings (SSSR count). The standard InChI is InChI=1S/C26H23N3O5S/c1-4-18-22(25(31)33-3)23(17-8-6-5-7-9-17)29-24(30)21(35-26(29)28-18)15-16-10-11-19(34-13-12-27)20(14-16)32-2/h5-11,14-15,23H,4,13H2,1-3H3/b21-15-/t23-/m0/s1. The van der Waals surface area contributed by atoms with Crippen LogP contribution in [0.25, 0.3) is 6.08 Å². The van der Waals surface area contributed by atoms with E-state index in [4.69, 9.17) is 19.5 Å². The fraction of sp³-hybridized carbons (Fsp3) is 0.231. The zero-order valence-electron chi connectivity index (χ0n) is 19.5. The minimum Gasteiger partial charge on any atom is -0.493 e. The molecule has 0 aliphatic carbocycles. The van der Waals surface area contributed by atoms with Gasteiger partial charge in [-0.15, -0.1) is 0 Å². The van der Waals surface area contributed by atoms with Crippen LogP contribution in [0.5, 0.6) is 11.5 Å². The van der Waals surface area contributed by atoms with Crippen LogP contribution >= 0.6 is 11.3 Å². The number of nitrogens with zero attached hydrogens (tertiary/aromatic N) is 3. The van der Waals surface area contributed by atoms with Crippen molar-refractivity contribution in [1.82, 2.24) is 4.57 Å². The van der Waals surface area contributed by atoms with Crippen LogP contribution in [0.2, 0.25) is 0 Å². The van der Waals surface area contributed by atoms with Crippen molar-refractivity contribution in [3.63, 3.8) is 0 Å². The average molecular weight is 490 g/mol. The molecule has 1 aliphatic rings. The van der Waals surface area contributed by atoms with Gasteiger partial charge in [-0.25, -0.2) is 9.79 Å². The third kappa shape index (κ3) is 4.61. The number of allylic oxidation sites excluding steroid dienone is 1. The summed E-state index contributed by atoms with van der Waals surface area (Å²) in [4.78, 5) is 31.6. The highest BCUT2D eigenvalue weighted by Gasteiger charge is 2.33. The van der Waals surface area contributed by atoms with Crippen LogP contribution in [-0.2, 0) is 9.53 Å². The highest BCUT2D eigenvalue weighted by molar-refractivity contribution is 7.07. The van der Waals surface area contributed by atoms with Gasteiger partial charge in [0.15, 0.2) is 22.9 Å². The zero-order chi connectivity index (χ0) is 24.9. The molecule has 8 nitrogen and oxygen atoms in total. The number of aromatic nitrogens is 1. The Morgan fingerprint density at radius 1 is 1.20 bits per heavy atom. The summed E-state index contributed by atoms with van der Waals surface area (Å²) in [7, 11) is 2.83. The highest BCUT2D eigenvalue weighted by Crippen LogP contribution is 2.32. The minimum absolute atomic E-state index is 0.101. The van der Waals surface area contributed by atoms with Gasteiger partial charge in [0.1, 0.15) is 6.07 Å². The van der Waals surface area contributed by atoms with Gasteiger partial charge >= 0.3 is 5.97 Å². The Morgan fingerprint density at radius 3 is 2.63 bits per heavy atom. The van der Waals surface area contributed by atoms with E-state index in [1.54, 1.807) is 28.8 Å². The molecule has 9 heteroatoms. The summed E-state index contributed by atoms with van der Waals surface area (Å²) in [6, 6.07) is 15.9. The Kier molecular flexibility index (Phi) is 7.13. The van der Waals surface area contributed by atoms with Crippen LogP contribution in [0.4, 0.5) is 0 Å². The molecule has 0 bridgehead atoms. The number of esters is 1. The molecule has 178 valence electrons. The van der Waals surface area contributed by atoms with Crippen LogP contribution in [-0.4, -0.2) is 31.4 Å².